The van der Waals surface area contributed by atoms with Gasteiger partial charge in [0.15, 0.2) is 5.43 Å². The first-order chi connectivity index (χ1) is 14.6. The van der Waals surface area contributed by atoms with Crippen LogP contribution in [0.3, 0.4) is 0 Å². The average Bonchev–Trinajstić information content (AvgIpc) is 3.10. The van der Waals surface area contributed by atoms with E-state index in [9.17, 15) is 14.0 Å². The summed E-state index contributed by atoms with van der Waals surface area (Å²) in [5.74, 6) is -0.455. The molecule has 148 valence electrons. The molecule has 1 unspecified atom stereocenters. The highest BCUT2D eigenvalue weighted by Crippen LogP contribution is 2.32. The monoisotopic (exact) mass is 401 g/mol. The van der Waals surface area contributed by atoms with Gasteiger partial charge in [0.25, 0.3) is 5.91 Å². The molecule has 4 aromatic rings. The van der Waals surface area contributed by atoms with Gasteiger partial charge in [-0.25, -0.2) is 4.39 Å². The number of ether oxygens (including phenoxy) is 1. The minimum Gasteiger partial charge on any atom is -0.489 e. The predicted molar refractivity (Wildman–Crippen MR) is 109 cm³/mol. The van der Waals surface area contributed by atoms with Gasteiger partial charge in [0.2, 0.25) is 5.76 Å². The van der Waals surface area contributed by atoms with Gasteiger partial charge < -0.3 is 14.5 Å². The standard InChI is InChI=1S/C24H16FNO4/c25-16-9-10-19-18(12-16)22(27)20-21(26-24(28)23(20)30-19)15-7-4-8-17(11-15)29-13-14-5-2-1-3-6-14/h1-12,21H,13H2,(H,26,28). The Morgan fingerprint density at radius 2 is 1.80 bits per heavy atom. The lowest BCUT2D eigenvalue weighted by Crippen LogP contribution is -2.22. The molecule has 0 saturated heterocycles. The summed E-state index contributed by atoms with van der Waals surface area (Å²) in [7, 11) is 0. The zero-order valence-electron chi connectivity index (χ0n) is 15.7. The fourth-order valence-electron chi connectivity index (χ4n) is 3.66. The van der Waals surface area contributed by atoms with Crippen LogP contribution >= 0.6 is 0 Å². The van der Waals surface area contributed by atoms with Crippen molar-refractivity contribution in [1.29, 1.82) is 0 Å². The smallest absolute Gasteiger partial charge is 0.288 e. The molecule has 3 aromatic carbocycles. The number of hydrogen-bond donors (Lipinski definition) is 1. The van der Waals surface area contributed by atoms with Crippen molar-refractivity contribution < 1.29 is 18.3 Å². The molecule has 1 aliphatic heterocycles. The zero-order valence-corrected chi connectivity index (χ0v) is 15.7. The molecule has 2 heterocycles. The largest absolute Gasteiger partial charge is 0.489 e. The van der Waals surface area contributed by atoms with Gasteiger partial charge in [-0.3, -0.25) is 9.59 Å². The van der Waals surface area contributed by atoms with E-state index >= 15 is 0 Å². The summed E-state index contributed by atoms with van der Waals surface area (Å²) < 4.78 is 25.2. The molecule has 1 aliphatic rings. The number of carbonyl (C=O) groups excluding carboxylic acids is 1. The lowest BCUT2D eigenvalue weighted by molar-refractivity contribution is 0.0938. The van der Waals surface area contributed by atoms with Crippen LogP contribution in [0.4, 0.5) is 4.39 Å². The molecule has 30 heavy (non-hydrogen) atoms. The van der Waals surface area contributed by atoms with Crippen LogP contribution < -0.4 is 15.5 Å². The highest BCUT2D eigenvalue weighted by atomic mass is 19.1. The predicted octanol–water partition coefficient (Wildman–Crippen LogP) is 4.34. The third kappa shape index (κ3) is 3.12. The number of fused-ring (bicyclic) bond motifs is 2. The molecule has 1 atom stereocenters. The topological polar surface area (TPSA) is 68.5 Å². The molecule has 5 rings (SSSR count). The van der Waals surface area contributed by atoms with Gasteiger partial charge in [0.1, 0.15) is 23.8 Å². The van der Waals surface area contributed by atoms with Crippen molar-refractivity contribution in [2.24, 2.45) is 0 Å². The van der Waals surface area contributed by atoms with Crippen LogP contribution in [0, 0.1) is 5.82 Å². The summed E-state index contributed by atoms with van der Waals surface area (Å²) in [6, 6.07) is 19.9. The van der Waals surface area contributed by atoms with Gasteiger partial charge in [0.05, 0.1) is 17.0 Å². The Labute approximate surface area is 170 Å². The highest BCUT2D eigenvalue weighted by Gasteiger charge is 2.36. The molecule has 0 bridgehead atoms. The van der Waals surface area contributed by atoms with Crippen LogP contribution in [-0.2, 0) is 6.61 Å². The second-order valence-corrected chi connectivity index (χ2v) is 7.07. The van der Waals surface area contributed by atoms with Gasteiger partial charge in [0, 0.05) is 0 Å². The number of nitrogens with one attached hydrogen (secondary N) is 1. The second-order valence-electron chi connectivity index (χ2n) is 7.07. The van der Waals surface area contributed by atoms with E-state index < -0.39 is 23.2 Å². The van der Waals surface area contributed by atoms with Gasteiger partial charge in [-0.1, -0.05) is 42.5 Å². The Bertz CT molecular complexity index is 1330. The number of carbonyl (C=O) groups is 1. The molecule has 0 saturated carbocycles. The van der Waals surface area contributed by atoms with Gasteiger partial charge in [-0.15, -0.1) is 0 Å². The fraction of sp³-hybridized carbons (Fsp3) is 0.0833. The normalized spacial score (nSPS) is 15.1. The number of amides is 1. The summed E-state index contributed by atoms with van der Waals surface area (Å²) in [5, 5.41) is 2.89. The third-order valence-electron chi connectivity index (χ3n) is 5.10. The van der Waals surface area contributed by atoms with Crippen molar-refractivity contribution in [2.75, 3.05) is 0 Å². The summed E-state index contributed by atoms with van der Waals surface area (Å²) >= 11 is 0. The molecule has 1 amide bonds. The lowest BCUT2D eigenvalue weighted by Gasteiger charge is -2.14. The molecular weight excluding hydrogens is 385 g/mol. The number of rotatable bonds is 4. The first-order valence-corrected chi connectivity index (χ1v) is 9.44. The molecule has 5 nitrogen and oxygen atoms in total. The summed E-state index contributed by atoms with van der Waals surface area (Å²) in [5.41, 5.74) is 1.63. The van der Waals surface area contributed by atoms with E-state index in [2.05, 4.69) is 5.32 Å². The first kappa shape index (κ1) is 18.1. The van der Waals surface area contributed by atoms with E-state index in [-0.39, 0.29) is 22.3 Å². The van der Waals surface area contributed by atoms with Crippen LogP contribution in [0.1, 0.15) is 33.3 Å². The van der Waals surface area contributed by atoms with Gasteiger partial charge >= 0.3 is 0 Å². The summed E-state index contributed by atoms with van der Waals surface area (Å²) in [4.78, 5) is 25.5. The molecule has 0 fully saturated rings. The minimum absolute atomic E-state index is 0.0419. The third-order valence-corrected chi connectivity index (χ3v) is 5.10. The van der Waals surface area contributed by atoms with Crippen LogP contribution in [0.2, 0.25) is 0 Å². The van der Waals surface area contributed by atoms with Crippen molar-refractivity contribution in [3.05, 3.63) is 111 Å². The average molecular weight is 401 g/mol. The van der Waals surface area contributed by atoms with E-state index in [4.69, 9.17) is 9.15 Å². The maximum atomic E-state index is 13.7. The van der Waals surface area contributed by atoms with Crippen molar-refractivity contribution in [1.82, 2.24) is 5.32 Å². The van der Waals surface area contributed by atoms with E-state index in [1.807, 2.05) is 36.4 Å². The Kier molecular flexibility index (Phi) is 4.32. The zero-order chi connectivity index (χ0) is 20.7. The molecule has 1 N–H and O–H groups in total. The van der Waals surface area contributed by atoms with E-state index in [0.29, 0.717) is 17.9 Å². The molecule has 0 radical (unpaired) electrons. The Hall–Kier alpha value is -3.93. The lowest BCUT2D eigenvalue weighted by atomic mass is 9.99. The quantitative estimate of drug-likeness (QED) is 0.552. The van der Waals surface area contributed by atoms with Gasteiger partial charge in [-0.2, -0.15) is 0 Å². The maximum absolute atomic E-state index is 13.7. The molecule has 1 aromatic heterocycles. The Balaban J connectivity index is 1.52. The van der Waals surface area contributed by atoms with Crippen LogP contribution in [0.5, 0.6) is 5.75 Å². The molecular formula is C24H16FNO4. The van der Waals surface area contributed by atoms with Gasteiger partial charge in [-0.05, 0) is 41.5 Å². The fourth-order valence-corrected chi connectivity index (χ4v) is 3.66. The number of benzene rings is 3. The highest BCUT2D eigenvalue weighted by molar-refractivity contribution is 5.98. The maximum Gasteiger partial charge on any atom is 0.288 e. The summed E-state index contributed by atoms with van der Waals surface area (Å²) in [6.45, 7) is 0.393. The van der Waals surface area contributed by atoms with Crippen molar-refractivity contribution >= 4 is 16.9 Å². The second kappa shape index (κ2) is 7.15. The van der Waals surface area contributed by atoms with Crippen molar-refractivity contribution in [3.8, 4) is 5.75 Å². The van der Waals surface area contributed by atoms with E-state index in [1.165, 1.54) is 12.1 Å². The van der Waals surface area contributed by atoms with Crippen molar-refractivity contribution in [3.63, 3.8) is 0 Å². The van der Waals surface area contributed by atoms with Crippen LogP contribution in [0.15, 0.2) is 82.0 Å². The molecule has 6 heteroatoms. The summed E-state index contributed by atoms with van der Waals surface area (Å²) in [6.07, 6.45) is 0. The number of halogens is 1. The molecule has 0 aliphatic carbocycles. The van der Waals surface area contributed by atoms with E-state index in [0.717, 1.165) is 11.6 Å². The van der Waals surface area contributed by atoms with E-state index in [1.54, 1.807) is 18.2 Å². The van der Waals surface area contributed by atoms with Crippen molar-refractivity contribution in [2.45, 2.75) is 12.6 Å². The molecule has 0 spiro atoms. The first-order valence-electron chi connectivity index (χ1n) is 9.44. The SMILES string of the molecule is O=C1NC(c2cccc(OCc3ccccc3)c2)c2c1oc1ccc(F)cc1c2=O. The Morgan fingerprint density at radius 1 is 0.967 bits per heavy atom. The Morgan fingerprint density at radius 3 is 2.63 bits per heavy atom. The number of hydrogen-bond acceptors (Lipinski definition) is 4. The van der Waals surface area contributed by atoms with Crippen LogP contribution in [0.25, 0.3) is 11.0 Å². The van der Waals surface area contributed by atoms with Crippen LogP contribution in [-0.4, -0.2) is 5.91 Å². The minimum atomic E-state index is -0.698.